The third kappa shape index (κ3) is 52.7. The normalized spacial score (nSPS) is 14.8. The van der Waals surface area contributed by atoms with E-state index in [-0.39, 0.29) is 26.1 Å². The average Bonchev–Trinajstić information content (AvgIpc) is 3.32. The molecule has 0 aliphatic carbocycles. The van der Waals surface area contributed by atoms with Gasteiger partial charge in [0, 0.05) is 12.8 Å². The van der Waals surface area contributed by atoms with E-state index in [0.717, 1.165) is 103 Å². The van der Waals surface area contributed by atoms with Crippen LogP contribution in [0.5, 0.6) is 0 Å². The van der Waals surface area contributed by atoms with Gasteiger partial charge in [0.25, 0.3) is 7.82 Å². The molecule has 2 unspecified atom stereocenters. The summed E-state index contributed by atoms with van der Waals surface area (Å²) in [6, 6.07) is 0. The number of unbranched alkanes of at least 4 members (excludes halogenated alkanes) is 2. The van der Waals surface area contributed by atoms with Crippen LogP contribution >= 0.6 is 7.82 Å². The zero-order valence-electron chi connectivity index (χ0n) is 43.9. The van der Waals surface area contributed by atoms with Crippen molar-refractivity contribution in [2.45, 2.75) is 148 Å². The highest BCUT2D eigenvalue weighted by Crippen LogP contribution is 2.38. The maximum Gasteiger partial charge on any atom is 0.306 e. The van der Waals surface area contributed by atoms with Crippen molar-refractivity contribution in [3.63, 3.8) is 0 Å². The van der Waals surface area contributed by atoms with Crippen LogP contribution in [0.1, 0.15) is 142 Å². The van der Waals surface area contributed by atoms with Crippen LogP contribution < -0.4 is 4.89 Å². The van der Waals surface area contributed by atoms with Crippen LogP contribution in [0.2, 0.25) is 0 Å². The first-order valence-electron chi connectivity index (χ1n) is 25.8. The number of allylic oxidation sites excluding steroid dienone is 28. The van der Waals surface area contributed by atoms with Gasteiger partial charge >= 0.3 is 11.9 Å². The van der Waals surface area contributed by atoms with Gasteiger partial charge in [-0.3, -0.25) is 14.2 Å². The van der Waals surface area contributed by atoms with Crippen LogP contribution in [0.25, 0.3) is 0 Å². The maximum absolute atomic E-state index is 12.7. The first kappa shape index (κ1) is 65.4. The first-order chi connectivity index (χ1) is 34.0. The van der Waals surface area contributed by atoms with Gasteiger partial charge in [0.1, 0.15) is 19.8 Å². The second-order valence-electron chi connectivity index (χ2n) is 17.4. The topological polar surface area (TPSA) is 111 Å². The molecule has 0 aromatic heterocycles. The minimum atomic E-state index is -4.67. The molecular formula is C60H92NO8P. The highest BCUT2D eigenvalue weighted by molar-refractivity contribution is 7.45. The summed E-state index contributed by atoms with van der Waals surface area (Å²) < 4.78 is 33.8. The van der Waals surface area contributed by atoms with E-state index in [1.54, 1.807) is 0 Å². The summed E-state index contributed by atoms with van der Waals surface area (Å²) in [6.45, 7) is 3.81. The fourth-order valence-corrected chi connectivity index (χ4v) is 6.54. The molecule has 0 aliphatic rings. The number of phosphoric ester groups is 1. The summed E-state index contributed by atoms with van der Waals surface area (Å²) in [5, 5.41) is 0. The molecule has 2 atom stereocenters. The lowest BCUT2D eigenvalue weighted by molar-refractivity contribution is -0.870. The molecule has 9 nitrogen and oxygen atoms in total. The Balaban J connectivity index is 4.38. The third-order valence-electron chi connectivity index (χ3n) is 9.75. The maximum atomic E-state index is 12.7. The van der Waals surface area contributed by atoms with Gasteiger partial charge in [0.15, 0.2) is 6.10 Å². The van der Waals surface area contributed by atoms with Crippen LogP contribution in [0.15, 0.2) is 170 Å². The highest BCUT2D eigenvalue weighted by atomic mass is 31.2. The Morgan fingerprint density at radius 3 is 1.14 bits per heavy atom. The van der Waals surface area contributed by atoms with Crippen molar-refractivity contribution in [3.8, 4) is 0 Å². The molecule has 0 aromatic rings. The molecule has 0 radical (unpaired) electrons. The number of carbonyl (C=O) groups excluding carboxylic acids is 2. The van der Waals surface area contributed by atoms with Crippen LogP contribution in [-0.4, -0.2) is 70.0 Å². The lowest BCUT2D eigenvalue weighted by Crippen LogP contribution is -2.37. The van der Waals surface area contributed by atoms with Crippen LogP contribution in [0, 0.1) is 0 Å². The molecule has 70 heavy (non-hydrogen) atoms. The molecule has 0 bridgehead atoms. The molecule has 0 fully saturated rings. The summed E-state index contributed by atoms with van der Waals surface area (Å²) in [5.41, 5.74) is 0. The van der Waals surface area contributed by atoms with E-state index in [1.165, 1.54) is 0 Å². The predicted molar refractivity (Wildman–Crippen MR) is 295 cm³/mol. The lowest BCUT2D eigenvalue weighted by Gasteiger charge is -2.28. The smallest absolute Gasteiger partial charge is 0.306 e. The van der Waals surface area contributed by atoms with E-state index in [9.17, 15) is 19.0 Å². The largest absolute Gasteiger partial charge is 0.756 e. The van der Waals surface area contributed by atoms with Crippen molar-refractivity contribution in [1.29, 1.82) is 0 Å². The zero-order valence-corrected chi connectivity index (χ0v) is 44.8. The number of ether oxygens (including phenoxy) is 2. The van der Waals surface area contributed by atoms with E-state index in [1.807, 2.05) is 33.3 Å². The second-order valence-corrected chi connectivity index (χ2v) is 18.8. The van der Waals surface area contributed by atoms with Crippen LogP contribution in [0.4, 0.5) is 0 Å². The number of phosphoric acid groups is 1. The first-order valence-corrected chi connectivity index (χ1v) is 27.3. The van der Waals surface area contributed by atoms with E-state index < -0.39 is 32.5 Å². The Bertz CT molecular complexity index is 1780. The van der Waals surface area contributed by atoms with E-state index in [0.29, 0.717) is 23.9 Å². The second kappa shape index (κ2) is 49.4. The molecule has 0 aliphatic heterocycles. The number of hydrogen-bond donors (Lipinski definition) is 0. The molecule has 0 spiro atoms. The monoisotopic (exact) mass is 986 g/mol. The molecule has 10 heteroatoms. The number of hydrogen-bond acceptors (Lipinski definition) is 8. The summed E-state index contributed by atoms with van der Waals surface area (Å²) in [4.78, 5) is 37.6. The van der Waals surface area contributed by atoms with Crippen molar-refractivity contribution in [2.75, 3.05) is 47.5 Å². The average molecular weight is 986 g/mol. The number of likely N-dealkylation sites (N-methyl/N-ethyl adjacent to an activating group) is 1. The van der Waals surface area contributed by atoms with Crippen molar-refractivity contribution in [2.24, 2.45) is 0 Å². The van der Waals surface area contributed by atoms with Gasteiger partial charge in [0.05, 0.1) is 27.7 Å². The Hall–Kier alpha value is -4.63. The van der Waals surface area contributed by atoms with Crippen molar-refractivity contribution >= 4 is 19.8 Å². The number of nitrogens with zero attached hydrogens (tertiary/aromatic N) is 1. The quantitative estimate of drug-likeness (QED) is 0.0195. The Kier molecular flexibility index (Phi) is 46.1. The zero-order chi connectivity index (χ0) is 51.3. The van der Waals surface area contributed by atoms with Gasteiger partial charge < -0.3 is 27.9 Å². The fourth-order valence-electron chi connectivity index (χ4n) is 5.81. The minimum Gasteiger partial charge on any atom is -0.756 e. The van der Waals surface area contributed by atoms with Crippen molar-refractivity contribution < 1.29 is 42.1 Å². The molecule has 0 saturated carbocycles. The summed E-state index contributed by atoms with van der Waals surface area (Å²) >= 11 is 0. The number of rotatable bonds is 44. The summed E-state index contributed by atoms with van der Waals surface area (Å²) in [7, 11) is 1.07. The van der Waals surface area contributed by atoms with Gasteiger partial charge in [-0.15, -0.1) is 0 Å². The summed E-state index contributed by atoms with van der Waals surface area (Å²) in [6.07, 6.45) is 75.7. The molecular weight excluding hydrogens is 894 g/mol. The SMILES string of the molecule is CC/C=C\C/C=C\C/C=C\C/C=C\C/C=C\C/C=C\C/C=C\C/C=C\C/C=C\C/C=C\CCCCC(=O)OC(COC(=O)CC/C=C\C/C=C\C/C=C\C/C=C\CC)COP(=O)([O-])OCC[N+](C)(C)C. The number of esters is 2. The molecule has 0 rings (SSSR count). The third-order valence-corrected chi connectivity index (χ3v) is 10.7. The van der Waals surface area contributed by atoms with Gasteiger partial charge in [-0.05, 0) is 116 Å². The van der Waals surface area contributed by atoms with E-state index in [4.69, 9.17) is 18.5 Å². The van der Waals surface area contributed by atoms with Gasteiger partial charge in [-0.1, -0.05) is 184 Å². The molecule has 0 amide bonds. The fraction of sp³-hybridized carbons (Fsp3) is 0.500. The Morgan fingerprint density at radius 2 is 0.786 bits per heavy atom. The Morgan fingerprint density at radius 1 is 0.443 bits per heavy atom. The van der Waals surface area contributed by atoms with Gasteiger partial charge in [-0.25, -0.2) is 0 Å². The van der Waals surface area contributed by atoms with Gasteiger partial charge in [0.2, 0.25) is 0 Å². The lowest BCUT2D eigenvalue weighted by atomic mass is 10.2. The number of quaternary nitrogens is 1. The molecule has 390 valence electrons. The highest BCUT2D eigenvalue weighted by Gasteiger charge is 2.21. The summed E-state index contributed by atoms with van der Waals surface area (Å²) in [5.74, 6) is -1.00. The van der Waals surface area contributed by atoms with E-state index in [2.05, 4.69) is 172 Å². The Labute approximate surface area is 426 Å². The van der Waals surface area contributed by atoms with Crippen molar-refractivity contribution in [1.82, 2.24) is 0 Å². The van der Waals surface area contributed by atoms with Crippen molar-refractivity contribution in [3.05, 3.63) is 170 Å². The van der Waals surface area contributed by atoms with Crippen LogP contribution in [-0.2, 0) is 32.7 Å². The minimum absolute atomic E-state index is 0.0607. The predicted octanol–water partition coefficient (Wildman–Crippen LogP) is 15.3. The standard InChI is InChI=1S/C60H92NO8P/c1-6-8-10-12-14-16-18-20-21-22-23-24-25-26-27-28-29-30-31-32-33-34-35-36-37-38-39-41-43-45-47-49-51-53-60(63)69-58(57-68-70(64,65)67-55-54-61(3,4)5)56-66-59(62)52-50-48-46-44-42-40-19-17-15-13-11-9-7-2/h8-11,14-17,20-21,23-24,26-27,29-30,32-33,35-36,38-40,42-43,45-46,48,58H,6-7,12-13,18-19,22,25,28,31,34,37,41,44,47,49-57H2,1-5H3/b10-8-,11-9-,16-14-,17-15-,21-20-,24-23-,27-26-,30-29-,33-32-,36-35-,39-38-,42-40-,45-43-,48-46-. The molecule has 0 aromatic carbocycles. The molecule has 0 N–H and O–H groups in total. The van der Waals surface area contributed by atoms with Gasteiger partial charge in [-0.2, -0.15) is 0 Å². The van der Waals surface area contributed by atoms with E-state index >= 15 is 0 Å². The molecule has 0 heterocycles. The molecule has 0 saturated heterocycles. The number of carbonyl (C=O) groups is 2. The van der Waals surface area contributed by atoms with Crippen LogP contribution in [0.3, 0.4) is 0 Å².